The Morgan fingerprint density at radius 2 is 1.88 bits per heavy atom. The molecule has 3 nitrogen and oxygen atoms in total. The normalized spacial score (nSPS) is 11.8. The van der Waals surface area contributed by atoms with Crippen molar-refractivity contribution >= 4 is 11.6 Å². The molecule has 0 fully saturated rings. The van der Waals surface area contributed by atoms with Crippen molar-refractivity contribution in [3.8, 4) is 11.3 Å². The van der Waals surface area contributed by atoms with Crippen LogP contribution in [0.2, 0.25) is 5.02 Å². The molecule has 4 heteroatoms. The highest BCUT2D eigenvalue weighted by Crippen LogP contribution is 2.25. The molecular formula is C12H13ClN2O. The number of nitrogens with zero attached hydrogens (tertiary/aromatic N) is 1. The first kappa shape index (κ1) is 11.2. The number of hydrogen-bond donors (Lipinski definition) is 1. The van der Waals surface area contributed by atoms with E-state index in [9.17, 15) is 0 Å². The summed E-state index contributed by atoms with van der Waals surface area (Å²) < 4.78 is 5.21. The zero-order valence-corrected chi connectivity index (χ0v) is 9.95. The molecule has 0 atom stereocenters. The Morgan fingerprint density at radius 3 is 2.38 bits per heavy atom. The fourth-order valence-corrected chi connectivity index (χ4v) is 1.46. The summed E-state index contributed by atoms with van der Waals surface area (Å²) in [4.78, 5) is 0. The van der Waals surface area contributed by atoms with Crippen molar-refractivity contribution in [3.63, 3.8) is 0 Å². The van der Waals surface area contributed by atoms with Gasteiger partial charge in [-0.05, 0) is 26.0 Å². The summed E-state index contributed by atoms with van der Waals surface area (Å²) in [6, 6.07) is 9.28. The Labute approximate surface area is 99.2 Å². The van der Waals surface area contributed by atoms with Crippen LogP contribution in [0, 0.1) is 0 Å². The predicted molar refractivity (Wildman–Crippen MR) is 64.2 cm³/mol. The summed E-state index contributed by atoms with van der Waals surface area (Å²) in [6.45, 7) is 3.75. The average molecular weight is 237 g/mol. The van der Waals surface area contributed by atoms with Crippen molar-refractivity contribution in [1.82, 2.24) is 5.16 Å². The monoisotopic (exact) mass is 236 g/mol. The molecule has 0 saturated carbocycles. The standard InChI is InChI=1S/C12H13ClN2O/c1-12(2,14)11-7-10(15-16-11)8-3-5-9(13)6-4-8/h3-7H,14H2,1-2H3. The highest BCUT2D eigenvalue weighted by atomic mass is 35.5. The van der Waals surface area contributed by atoms with Gasteiger partial charge >= 0.3 is 0 Å². The second-order valence-electron chi connectivity index (χ2n) is 4.30. The maximum absolute atomic E-state index is 5.92. The van der Waals surface area contributed by atoms with Crippen LogP contribution in [-0.2, 0) is 5.54 Å². The number of halogens is 1. The molecule has 1 heterocycles. The number of benzene rings is 1. The van der Waals surface area contributed by atoms with Gasteiger partial charge in [0.15, 0.2) is 5.76 Å². The van der Waals surface area contributed by atoms with Crippen molar-refractivity contribution < 1.29 is 4.52 Å². The van der Waals surface area contributed by atoms with Crippen molar-refractivity contribution in [2.45, 2.75) is 19.4 Å². The van der Waals surface area contributed by atoms with Gasteiger partial charge in [0.1, 0.15) is 5.69 Å². The summed E-state index contributed by atoms with van der Waals surface area (Å²) in [6.07, 6.45) is 0. The summed E-state index contributed by atoms with van der Waals surface area (Å²) in [7, 11) is 0. The van der Waals surface area contributed by atoms with Crippen molar-refractivity contribution in [3.05, 3.63) is 41.1 Å². The van der Waals surface area contributed by atoms with Gasteiger partial charge in [-0.2, -0.15) is 0 Å². The SMILES string of the molecule is CC(C)(N)c1cc(-c2ccc(Cl)cc2)no1. The van der Waals surface area contributed by atoms with E-state index in [4.69, 9.17) is 21.9 Å². The molecule has 2 N–H and O–H groups in total. The third-order valence-electron chi connectivity index (χ3n) is 2.29. The van der Waals surface area contributed by atoms with Gasteiger partial charge in [0.25, 0.3) is 0 Å². The number of aromatic nitrogens is 1. The third-order valence-corrected chi connectivity index (χ3v) is 2.54. The number of rotatable bonds is 2. The molecule has 0 aliphatic rings. The molecule has 1 aromatic carbocycles. The smallest absolute Gasteiger partial charge is 0.156 e. The molecule has 2 rings (SSSR count). The molecule has 16 heavy (non-hydrogen) atoms. The van der Waals surface area contributed by atoms with E-state index in [2.05, 4.69) is 5.16 Å². The number of hydrogen-bond acceptors (Lipinski definition) is 3. The summed E-state index contributed by atoms with van der Waals surface area (Å²) >= 11 is 5.81. The van der Waals surface area contributed by atoms with E-state index in [0.29, 0.717) is 10.8 Å². The van der Waals surface area contributed by atoms with Crippen LogP contribution in [0.3, 0.4) is 0 Å². The van der Waals surface area contributed by atoms with Crippen molar-refractivity contribution in [1.29, 1.82) is 0 Å². The molecule has 0 aliphatic heterocycles. The van der Waals surface area contributed by atoms with Crippen LogP contribution in [0.5, 0.6) is 0 Å². The molecule has 0 amide bonds. The van der Waals surface area contributed by atoms with E-state index < -0.39 is 5.54 Å². The molecule has 0 radical (unpaired) electrons. The first-order chi connectivity index (χ1) is 7.47. The van der Waals surface area contributed by atoms with E-state index in [1.165, 1.54) is 0 Å². The number of nitrogens with two attached hydrogens (primary N) is 1. The van der Waals surface area contributed by atoms with Gasteiger partial charge in [0, 0.05) is 16.7 Å². The highest BCUT2D eigenvalue weighted by molar-refractivity contribution is 6.30. The van der Waals surface area contributed by atoms with Crippen LogP contribution in [0.4, 0.5) is 0 Å². The average Bonchev–Trinajstić information content (AvgIpc) is 2.67. The van der Waals surface area contributed by atoms with Crippen molar-refractivity contribution in [2.75, 3.05) is 0 Å². The fraction of sp³-hybridized carbons (Fsp3) is 0.250. The minimum Gasteiger partial charge on any atom is -0.359 e. The Bertz CT molecular complexity index is 482. The fourth-order valence-electron chi connectivity index (χ4n) is 1.34. The first-order valence-corrected chi connectivity index (χ1v) is 5.36. The molecule has 0 aliphatic carbocycles. The second-order valence-corrected chi connectivity index (χ2v) is 4.74. The summed E-state index contributed by atoms with van der Waals surface area (Å²) in [5.74, 6) is 0.664. The zero-order valence-electron chi connectivity index (χ0n) is 9.20. The van der Waals surface area contributed by atoms with E-state index in [1.54, 1.807) is 0 Å². The second kappa shape index (κ2) is 3.92. The molecule has 1 aromatic heterocycles. The van der Waals surface area contributed by atoms with Crippen LogP contribution in [0.15, 0.2) is 34.9 Å². The van der Waals surface area contributed by atoms with Crippen LogP contribution in [0.1, 0.15) is 19.6 Å². The van der Waals surface area contributed by atoms with Gasteiger partial charge in [-0.25, -0.2) is 0 Å². The zero-order chi connectivity index (χ0) is 11.8. The van der Waals surface area contributed by atoms with Crippen LogP contribution >= 0.6 is 11.6 Å². The lowest BCUT2D eigenvalue weighted by Gasteiger charge is -2.12. The topological polar surface area (TPSA) is 52.0 Å². The Balaban J connectivity index is 2.35. The first-order valence-electron chi connectivity index (χ1n) is 4.99. The third kappa shape index (κ3) is 2.26. The van der Waals surface area contributed by atoms with Crippen molar-refractivity contribution in [2.24, 2.45) is 5.73 Å². The van der Waals surface area contributed by atoms with Gasteiger partial charge in [0.2, 0.25) is 0 Å². The lowest BCUT2D eigenvalue weighted by atomic mass is 10.0. The summed E-state index contributed by atoms with van der Waals surface area (Å²) in [5.41, 5.74) is 7.13. The van der Waals surface area contributed by atoms with Gasteiger partial charge in [-0.3, -0.25) is 0 Å². The van der Waals surface area contributed by atoms with Gasteiger partial charge in [0.05, 0.1) is 5.54 Å². The molecule has 0 unspecified atom stereocenters. The van der Waals surface area contributed by atoms with Gasteiger partial charge in [-0.1, -0.05) is 28.9 Å². The van der Waals surface area contributed by atoms with E-state index in [0.717, 1.165) is 11.3 Å². The maximum Gasteiger partial charge on any atom is 0.156 e. The van der Waals surface area contributed by atoms with E-state index >= 15 is 0 Å². The maximum atomic E-state index is 5.92. The molecule has 2 aromatic rings. The van der Waals surface area contributed by atoms with Crippen LogP contribution in [-0.4, -0.2) is 5.16 Å². The van der Waals surface area contributed by atoms with Gasteiger partial charge in [-0.15, -0.1) is 0 Å². The van der Waals surface area contributed by atoms with Crippen LogP contribution in [0.25, 0.3) is 11.3 Å². The molecule has 0 bridgehead atoms. The van der Waals surface area contributed by atoms with Crippen LogP contribution < -0.4 is 5.73 Å². The largest absolute Gasteiger partial charge is 0.359 e. The molecule has 0 saturated heterocycles. The quantitative estimate of drug-likeness (QED) is 0.871. The van der Waals surface area contributed by atoms with E-state index in [-0.39, 0.29) is 0 Å². The summed E-state index contributed by atoms with van der Waals surface area (Å²) in [5, 5.41) is 4.69. The minimum absolute atomic E-state index is 0.516. The lowest BCUT2D eigenvalue weighted by Crippen LogP contribution is -2.27. The predicted octanol–water partition coefficient (Wildman–Crippen LogP) is 3.19. The molecule has 84 valence electrons. The lowest BCUT2D eigenvalue weighted by molar-refractivity contribution is 0.322. The minimum atomic E-state index is -0.516. The Hall–Kier alpha value is -1.32. The van der Waals surface area contributed by atoms with Gasteiger partial charge < -0.3 is 10.3 Å². The molecule has 0 spiro atoms. The Morgan fingerprint density at radius 1 is 1.25 bits per heavy atom. The van der Waals surface area contributed by atoms with E-state index in [1.807, 2.05) is 44.2 Å². The highest BCUT2D eigenvalue weighted by Gasteiger charge is 2.20. The Kier molecular flexibility index (Phi) is 2.74. The molecular weight excluding hydrogens is 224 g/mol.